The fraction of sp³-hybridized carbons (Fsp3) is 0.222. The third-order valence-electron chi connectivity index (χ3n) is 3.89. The smallest absolute Gasteiger partial charge is 0.282 e. The fourth-order valence-electron chi connectivity index (χ4n) is 2.20. The van der Waals surface area contributed by atoms with Crippen molar-refractivity contribution >= 4 is 46.4 Å². The molecule has 5 nitrogen and oxygen atoms in total. The van der Waals surface area contributed by atoms with E-state index in [9.17, 15) is 14.0 Å². The van der Waals surface area contributed by atoms with Crippen LogP contribution < -0.4 is 15.5 Å². The quantitative estimate of drug-likeness (QED) is 0.700. The summed E-state index contributed by atoms with van der Waals surface area (Å²) >= 11 is 11.9. The topological polar surface area (TPSA) is 62.6 Å². The summed E-state index contributed by atoms with van der Waals surface area (Å²) < 4.78 is 12.9. The molecule has 0 heterocycles. The van der Waals surface area contributed by atoms with Gasteiger partial charge in [-0.3, -0.25) is 9.59 Å². The molecule has 0 saturated carbocycles. The highest BCUT2D eigenvalue weighted by molar-refractivity contribution is 6.36. The molecule has 8 heteroatoms. The second kappa shape index (κ2) is 8.98. The third kappa shape index (κ3) is 5.69. The molecule has 2 aromatic carbocycles. The lowest BCUT2D eigenvalue weighted by atomic mass is 10.2. The van der Waals surface area contributed by atoms with Crippen molar-refractivity contribution in [3.63, 3.8) is 0 Å². The minimum atomic E-state index is -0.499. The summed E-state index contributed by atoms with van der Waals surface area (Å²) in [5.41, 5.74) is 0.950. The van der Waals surface area contributed by atoms with Crippen LogP contribution in [0.15, 0.2) is 42.5 Å². The van der Waals surface area contributed by atoms with Crippen LogP contribution in [0.1, 0.15) is 6.92 Å². The molecule has 0 saturated heterocycles. The lowest BCUT2D eigenvalue weighted by Crippen LogP contribution is -3.14. The van der Waals surface area contributed by atoms with E-state index in [1.54, 1.807) is 26.1 Å². The zero-order valence-corrected chi connectivity index (χ0v) is 15.8. The van der Waals surface area contributed by atoms with Crippen molar-refractivity contribution in [3.05, 3.63) is 58.3 Å². The van der Waals surface area contributed by atoms with E-state index >= 15 is 0 Å². The molecule has 0 spiro atoms. The summed E-state index contributed by atoms with van der Waals surface area (Å²) in [6.45, 7) is 1.78. The molecule has 0 aliphatic heterocycles. The Morgan fingerprint density at radius 2 is 1.77 bits per heavy atom. The molecule has 1 unspecified atom stereocenters. The fourth-order valence-corrected chi connectivity index (χ4v) is 2.66. The predicted molar refractivity (Wildman–Crippen MR) is 101 cm³/mol. The Kier molecular flexibility index (Phi) is 6.97. The summed E-state index contributed by atoms with van der Waals surface area (Å²) in [5, 5.41) is 6.20. The summed E-state index contributed by atoms with van der Waals surface area (Å²) in [7, 11) is 1.73. The van der Waals surface area contributed by atoms with E-state index < -0.39 is 6.04 Å². The van der Waals surface area contributed by atoms with Crippen LogP contribution in [0.25, 0.3) is 0 Å². The van der Waals surface area contributed by atoms with Gasteiger partial charge in [0.15, 0.2) is 12.6 Å². The molecule has 0 fully saturated rings. The molecule has 0 aromatic heterocycles. The van der Waals surface area contributed by atoms with Gasteiger partial charge in [-0.2, -0.15) is 0 Å². The van der Waals surface area contributed by atoms with Crippen LogP contribution >= 0.6 is 23.2 Å². The van der Waals surface area contributed by atoms with E-state index in [1.165, 1.54) is 30.3 Å². The first-order chi connectivity index (χ1) is 12.3. The van der Waals surface area contributed by atoms with Gasteiger partial charge in [-0.25, -0.2) is 4.39 Å². The van der Waals surface area contributed by atoms with Gasteiger partial charge >= 0.3 is 0 Å². The maximum Gasteiger partial charge on any atom is 0.282 e. The summed E-state index contributed by atoms with van der Waals surface area (Å²) in [4.78, 5) is 25.2. The van der Waals surface area contributed by atoms with Crippen molar-refractivity contribution in [2.45, 2.75) is 13.0 Å². The highest BCUT2D eigenvalue weighted by Crippen LogP contribution is 2.25. The minimum absolute atomic E-state index is 0.0698. The first-order valence-corrected chi connectivity index (χ1v) is 8.65. The summed E-state index contributed by atoms with van der Waals surface area (Å²) in [6.07, 6.45) is 0. The van der Waals surface area contributed by atoms with Crippen LogP contribution in [0.3, 0.4) is 0 Å². The van der Waals surface area contributed by atoms with Gasteiger partial charge in [-0.15, -0.1) is 0 Å². The van der Waals surface area contributed by atoms with Crippen LogP contribution in [0.4, 0.5) is 15.8 Å². The monoisotopic (exact) mass is 398 g/mol. The number of amides is 2. The van der Waals surface area contributed by atoms with Crippen molar-refractivity contribution in [1.29, 1.82) is 0 Å². The van der Waals surface area contributed by atoms with Crippen LogP contribution in [-0.4, -0.2) is 31.4 Å². The van der Waals surface area contributed by atoms with Crippen LogP contribution in [0.5, 0.6) is 0 Å². The molecule has 2 aromatic rings. The lowest BCUT2D eigenvalue weighted by molar-refractivity contribution is -0.885. The van der Waals surface area contributed by atoms with Crippen molar-refractivity contribution in [2.24, 2.45) is 0 Å². The molecular formula is C18H19Cl2FN3O2+. The minimum Gasteiger partial charge on any atom is -0.321 e. The molecular weight excluding hydrogens is 380 g/mol. The van der Waals surface area contributed by atoms with Gasteiger partial charge in [-0.1, -0.05) is 23.2 Å². The van der Waals surface area contributed by atoms with E-state index in [2.05, 4.69) is 10.6 Å². The summed E-state index contributed by atoms with van der Waals surface area (Å²) in [6, 6.07) is 9.75. The first kappa shape index (κ1) is 20.2. The Morgan fingerprint density at radius 1 is 1.12 bits per heavy atom. The number of rotatable bonds is 6. The molecule has 0 aliphatic carbocycles. The van der Waals surface area contributed by atoms with Crippen molar-refractivity contribution < 1.29 is 18.9 Å². The van der Waals surface area contributed by atoms with E-state index in [0.717, 1.165) is 0 Å². The highest BCUT2D eigenvalue weighted by Gasteiger charge is 2.24. The van der Waals surface area contributed by atoms with Gasteiger partial charge in [0, 0.05) is 10.7 Å². The number of halogens is 3. The second-order valence-corrected chi connectivity index (χ2v) is 6.76. The van der Waals surface area contributed by atoms with Crippen LogP contribution in [0, 0.1) is 5.82 Å². The molecule has 2 atom stereocenters. The Hall–Kier alpha value is -2.15. The van der Waals surface area contributed by atoms with Gasteiger partial charge in [-0.05, 0) is 49.4 Å². The zero-order valence-electron chi connectivity index (χ0n) is 14.3. The number of quaternary nitrogens is 1. The number of anilines is 2. The van der Waals surface area contributed by atoms with Crippen LogP contribution in [-0.2, 0) is 9.59 Å². The van der Waals surface area contributed by atoms with Gasteiger partial charge in [0.2, 0.25) is 0 Å². The standard InChI is InChI=1S/C18H18Cl2FN3O2/c1-11(18(26)23-16-8-3-12(19)9-15(16)20)24(2)10-17(25)22-14-6-4-13(21)5-7-14/h3-9,11H,10H2,1-2H3,(H,22,25)(H,23,26)/p+1/t11-/m0/s1. The number of likely N-dealkylation sites (N-methyl/N-ethyl adjacent to an activating group) is 1. The average Bonchev–Trinajstić information content (AvgIpc) is 2.58. The number of benzene rings is 2. The van der Waals surface area contributed by atoms with Crippen molar-refractivity contribution in [1.82, 2.24) is 0 Å². The number of carbonyl (C=O) groups is 2. The van der Waals surface area contributed by atoms with Gasteiger partial charge in [0.05, 0.1) is 17.8 Å². The Morgan fingerprint density at radius 3 is 2.38 bits per heavy atom. The summed E-state index contributed by atoms with van der Waals surface area (Å²) in [5.74, 6) is -0.934. The van der Waals surface area contributed by atoms with Gasteiger partial charge in [0.1, 0.15) is 5.82 Å². The molecule has 0 radical (unpaired) electrons. The maximum absolute atomic E-state index is 12.9. The molecule has 3 N–H and O–H groups in total. The normalized spacial score (nSPS) is 13.0. The second-order valence-electron chi connectivity index (χ2n) is 5.91. The van der Waals surface area contributed by atoms with Crippen molar-refractivity contribution in [2.75, 3.05) is 24.2 Å². The molecule has 2 amide bonds. The van der Waals surface area contributed by atoms with Crippen molar-refractivity contribution in [3.8, 4) is 0 Å². The van der Waals surface area contributed by atoms with E-state index in [4.69, 9.17) is 23.2 Å². The van der Waals surface area contributed by atoms with E-state index in [1.807, 2.05) is 0 Å². The average molecular weight is 399 g/mol. The highest BCUT2D eigenvalue weighted by atomic mass is 35.5. The van der Waals surface area contributed by atoms with Gasteiger partial charge in [0.25, 0.3) is 11.8 Å². The van der Waals surface area contributed by atoms with Gasteiger partial charge < -0.3 is 15.5 Å². The number of nitrogens with one attached hydrogen (secondary N) is 3. The first-order valence-electron chi connectivity index (χ1n) is 7.90. The maximum atomic E-state index is 12.9. The molecule has 26 heavy (non-hydrogen) atoms. The lowest BCUT2D eigenvalue weighted by Gasteiger charge is -2.21. The Bertz CT molecular complexity index is 800. The largest absolute Gasteiger partial charge is 0.321 e. The zero-order chi connectivity index (χ0) is 19.3. The van der Waals surface area contributed by atoms with E-state index in [0.29, 0.717) is 26.3 Å². The number of hydrogen-bond acceptors (Lipinski definition) is 2. The number of hydrogen-bond donors (Lipinski definition) is 3. The molecule has 2 rings (SSSR count). The Balaban J connectivity index is 1.90. The van der Waals surface area contributed by atoms with E-state index in [-0.39, 0.29) is 24.2 Å². The molecule has 0 aliphatic rings. The SMILES string of the molecule is C[C@@H](C(=O)Nc1ccc(Cl)cc1Cl)[NH+](C)CC(=O)Nc1ccc(F)cc1. The predicted octanol–water partition coefficient (Wildman–Crippen LogP) is 2.61. The Labute approximate surface area is 161 Å². The number of carbonyl (C=O) groups excluding carboxylic acids is 2. The third-order valence-corrected chi connectivity index (χ3v) is 4.44. The molecule has 138 valence electrons. The van der Waals surface area contributed by atoms with Crippen LogP contribution in [0.2, 0.25) is 10.0 Å². The molecule has 0 bridgehead atoms.